The lowest BCUT2D eigenvalue weighted by atomic mass is 10.0. The Hall–Kier alpha value is -0.0551. The first-order valence-corrected chi connectivity index (χ1v) is 3.19. The van der Waals surface area contributed by atoms with Gasteiger partial charge in [0.15, 0.2) is 7.98 Å². The molecule has 0 saturated carbocycles. The first-order valence-electron chi connectivity index (χ1n) is 3.19. The van der Waals surface area contributed by atoms with Gasteiger partial charge in [0.1, 0.15) is 0 Å². The molecule has 0 bridgehead atoms. The van der Waals surface area contributed by atoms with Crippen LogP contribution in [0.5, 0.6) is 0 Å². The van der Waals surface area contributed by atoms with Crippen LogP contribution in [0.15, 0.2) is 0 Å². The molecule has 50 valence electrons. The SMILES string of the molecule is [B]N[C@@H]1CNCC[C@@H]1O. The lowest BCUT2D eigenvalue weighted by Crippen LogP contribution is -2.51. The highest BCUT2D eigenvalue weighted by Crippen LogP contribution is 2.01. The van der Waals surface area contributed by atoms with Gasteiger partial charge >= 0.3 is 0 Å². The van der Waals surface area contributed by atoms with Crippen LogP contribution < -0.4 is 10.5 Å². The fraction of sp³-hybridized carbons (Fsp3) is 1.00. The van der Waals surface area contributed by atoms with E-state index in [2.05, 4.69) is 10.5 Å². The predicted octanol–water partition coefficient (Wildman–Crippen LogP) is -1.62. The summed E-state index contributed by atoms with van der Waals surface area (Å²) in [5.74, 6) is 0. The van der Waals surface area contributed by atoms with E-state index >= 15 is 0 Å². The largest absolute Gasteiger partial charge is 0.391 e. The fourth-order valence-electron chi connectivity index (χ4n) is 1.01. The molecule has 3 N–H and O–H groups in total. The number of aliphatic hydroxyl groups excluding tert-OH is 1. The van der Waals surface area contributed by atoms with Crippen LogP contribution in [0.1, 0.15) is 6.42 Å². The van der Waals surface area contributed by atoms with Crippen LogP contribution >= 0.6 is 0 Å². The second kappa shape index (κ2) is 3.20. The van der Waals surface area contributed by atoms with Crippen LogP contribution in [0.25, 0.3) is 0 Å². The van der Waals surface area contributed by atoms with Crippen molar-refractivity contribution in [3.05, 3.63) is 0 Å². The minimum atomic E-state index is -0.281. The van der Waals surface area contributed by atoms with Gasteiger partial charge < -0.3 is 15.7 Å². The molecule has 1 fully saturated rings. The Balaban J connectivity index is 2.30. The van der Waals surface area contributed by atoms with E-state index in [1.54, 1.807) is 0 Å². The second-order valence-electron chi connectivity index (χ2n) is 2.33. The summed E-state index contributed by atoms with van der Waals surface area (Å²) < 4.78 is 0. The average Bonchev–Trinajstić information content (AvgIpc) is 1.89. The molecule has 0 unspecified atom stereocenters. The quantitative estimate of drug-likeness (QED) is 0.370. The van der Waals surface area contributed by atoms with E-state index in [1.807, 2.05) is 0 Å². The first kappa shape index (κ1) is 7.06. The summed E-state index contributed by atoms with van der Waals surface area (Å²) in [6.45, 7) is 1.65. The van der Waals surface area contributed by atoms with Gasteiger partial charge in [-0.05, 0) is 13.0 Å². The van der Waals surface area contributed by atoms with E-state index in [0.29, 0.717) is 0 Å². The summed E-state index contributed by atoms with van der Waals surface area (Å²) in [6, 6.07) is 0.0266. The van der Waals surface area contributed by atoms with Gasteiger partial charge in [0.05, 0.1) is 6.10 Å². The van der Waals surface area contributed by atoms with Gasteiger partial charge in [-0.25, -0.2) is 0 Å². The second-order valence-corrected chi connectivity index (χ2v) is 2.33. The molecule has 0 aromatic rings. The predicted molar refractivity (Wildman–Crippen MR) is 36.2 cm³/mol. The number of hydrogen-bond acceptors (Lipinski definition) is 3. The average molecular weight is 126 g/mol. The third-order valence-electron chi connectivity index (χ3n) is 1.66. The zero-order chi connectivity index (χ0) is 6.69. The smallest absolute Gasteiger partial charge is 0.178 e. The summed E-state index contributed by atoms with van der Waals surface area (Å²) >= 11 is 0. The van der Waals surface area contributed by atoms with Crippen LogP contribution in [0.4, 0.5) is 0 Å². The minimum Gasteiger partial charge on any atom is -0.391 e. The maximum Gasteiger partial charge on any atom is 0.178 e. The van der Waals surface area contributed by atoms with Gasteiger partial charge in [-0.15, -0.1) is 0 Å². The molecule has 1 aliphatic rings. The van der Waals surface area contributed by atoms with E-state index < -0.39 is 0 Å². The number of rotatable bonds is 1. The van der Waals surface area contributed by atoms with Crippen molar-refractivity contribution in [2.24, 2.45) is 0 Å². The fourth-order valence-corrected chi connectivity index (χ4v) is 1.01. The Labute approximate surface area is 56.3 Å². The molecule has 1 rings (SSSR count). The summed E-state index contributed by atoms with van der Waals surface area (Å²) in [6.07, 6.45) is 0.505. The third-order valence-corrected chi connectivity index (χ3v) is 1.66. The molecule has 0 aromatic heterocycles. The maximum atomic E-state index is 9.19. The van der Waals surface area contributed by atoms with Crippen molar-refractivity contribution >= 4 is 7.98 Å². The zero-order valence-corrected chi connectivity index (χ0v) is 5.30. The highest BCUT2D eigenvalue weighted by Gasteiger charge is 2.19. The summed E-state index contributed by atoms with van der Waals surface area (Å²) in [5.41, 5.74) is 0. The molecule has 0 spiro atoms. The maximum absolute atomic E-state index is 9.19. The molecule has 0 amide bonds. The number of piperidine rings is 1. The zero-order valence-electron chi connectivity index (χ0n) is 5.30. The summed E-state index contributed by atoms with van der Waals surface area (Å²) in [4.78, 5) is 0. The Morgan fingerprint density at radius 1 is 1.67 bits per heavy atom. The lowest BCUT2D eigenvalue weighted by molar-refractivity contribution is 0.110. The molecular formula is C5H11BN2O. The van der Waals surface area contributed by atoms with Crippen molar-refractivity contribution in [2.45, 2.75) is 18.6 Å². The first-order chi connectivity index (χ1) is 4.34. The highest BCUT2D eigenvalue weighted by atomic mass is 16.3. The topological polar surface area (TPSA) is 44.3 Å². The van der Waals surface area contributed by atoms with Crippen LogP contribution in [-0.4, -0.2) is 38.3 Å². The van der Waals surface area contributed by atoms with Crippen LogP contribution in [0.3, 0.4) is 0 Å². The van der Waals surface area contributed by atoms with Gasteiger partial charge in [0, 0.05) is 12.6 Å². The Kier molecular flexibility index (Phi) is 2.51. The lowest BCUT2D eigenvalue weighted by Gasteiger charge is -2.27. The van der Waals surface area contributed by atoms with Crippen LogP contribution in [0, 0.1) is 0 Å². The molecule has 0 aromatic carbocycles. The number of nitrogens with one attached hydrogen (secondary N) is 2. The normalized spacial score (nSPS) is 36.6. The Bertz CT molecular complexity index is 91.0. The van der Waals surface area contributed by atoms with Gasteiger partial charge in [-0.2, -0.15) is 0 Å². The van der Waals surface area contributed by atoms with E-state index in [9.17, 15) is 5.11 Å². The van der Waals surface area contributed by atoms with Crippen molar-refractivity contribution in [2.75, 3.05) is 13.1 Å². The van der Waals surface area contributed by atoms with E-state index in [4.69, 9.17) is 7.98 Å². The van der Waals surface area contributed by atoms with Crippen molar-refractivity contribution in [3.63, 3.8) is 0 Å². The van der Waals surface area contributed by atoms with Crippen molar-refractivity contribution in [1.29, 1.82) is 0 Å². The molecule has 3 nitrogen and oxygen atoms in total. The molecule has 4 heteroatoms. The van der Waals surface area contributed by atoms with Crippen LogP contribution in [-0.2, 0) is 0 Å². The van der Waals surface area contributed by atoms with Gasteiger partial charge in [-0.3, -0.25) is 0 Å². The number of aliphatic hydroxyl groups is 1. The molecule has 2 atom stereocenters. The monoisotopic (exact) mass is 126 g/mol. The number of hydrogen-bond donors (Lipinski definition) is 3. The van der Waals surface area contributed by atoms with Crippen molar-refractivity contribution < 1.29 is 5.11 Å². The molecule has 1 saturated heterocycles. The van der Waals surface area contributed by atoms with Crippen LogP contribution in [0.2, 0.25) is 0 Å². The molecule has 1 aliphatic heterocycles. The van der Waals surface area contributed by atoms with Gasteiger partial charge in [0.25, 0.3) is 0 Å². The molecule has 1 heterocycles. The summed E-state index contributed by atoms with van der Waals surface area (Å²) in [7, 11) is 5.14. The van der Waals surface area contributed by atoms with Gasteiger partial charge in [0.2, 0.25) is 0 Å². The van der Waals surface area contributed by atoms with E-state index in [0.717, 1.165) is 19.5 Å². The van der Waals surface area contributed by atoms with Crippen molar-refractivity contribution in [3.8, 4) is 0 Å². The molecule has 0 aliphatic carbocycles. The van der Waals surface area contributed by atoms with Gasteiger partial charge in [-0.1, -0.05) is 0 Å². The molecule has 9 heavy (non-hydrogen) atoms. The van der Waals surface area contributed by atoms with E-state index in [-0.39, 0.29) is 12.1 Å². The minimum absolute atomic E-state index is 0.0266. The Morgan fingerprint density at radius 3 is 2.89 bits per heavy atom. The standard InChI is InChI=1S/C5H11BN2O/c6-8-4-3-7-2-1-5(4)9/h4-5,7-9H,1-3H2/t4-,5+/m1/s1. The van der Waals surface area contributed by atoms with E-state index in [1.165, 1.54) is 0 Å². The molecular weight excluding hydrogens is 115 g/mol. The van der Waals surface area contributed by atoms with Crippen molar-refractivity contribution in [1.82, 2.24) is 10.5 Å². The Morgan fingerprint density at radius 2 is 2.44 bits per heavy atom. The summed E-state index contributed by atoms with van der Waals surface area (Å²) in [5, 5.41) is 14.8. The third kappa shape index (κ3) is 1.68. The highest BCUT2D eigenvalue weighted by molar-refractivity contribution is 6.04. The molecule has 2 radical (unpaired) electrons.